The summed E-state index contributed by atoms with van der Waals surface area (Å²) in [5.74, 6) is 0.707. The van der Waals surface area contributed by atoms with Crippen molar-refractivity contribution in [3.05, 3.63) is 71.4 Å². The van der Waals surface area contributed by atoms with Crippen LogP contribution in [0.2, 0.25) is 0 Å². The van der Waals surface area contributed by atoms with Crippen LogP contribution in [0.15, 0.2) is 65.2 Å². The predicted octanol–water partition coefficient (Wildman–Crippen LogP) is 4.00. The van der Waals surface area contributed by atoms with Gasteiger partial charge in [-0.25, -0.2) is 17.5 Å². The van der Waals surface area contributed by atoms with E-state index in [1.165, 1.54) is 12.1 Å². The molecule has 7 heteroatoms. The molecule has 0 aliphatic carbocycles. The van der Waals surface area contributed by atoms with Crippen LogP contribution in [0.1, 0.15) is 31.0 Å². The fourth-order valence-corrected chi connectivity index (χ4v) is 4.49. The molecule has 1 aliphatic heterocycles. The normalized spacial score (nSPS) is 17.3. The number of hydrogen-bond donors (Lipinski definition) is 1. The van der Waals surface area contributed by atoms with E-state index in [0.29, 0.717) is 17.0 Å². The molecule has 6 nitrogen and oxygen atoms in total. The average Bonchev–Trinajstić information content (AvgIpc) is 2.67. The van der Waals surface area contributed by atoms with Gasteiger partial charge in [0.25, 0.3) is 10.0 Å². The van der Waals surface area contributed by atoms with Gasteiger partial charge in [-0.2, -0.15) is 0 Å². The van der Waals surface area contributed by atoms with Crippen molar-refractivity contribution in [3.8, 4) is 5.75 Å². The van der Waals surface area contributed by atoms with Crippen molar-refractivity contribution < 1.29 is 17.9 Å². The molecule has 0 saturated carbocycles. The summed E-state index contributed by atoms with van der Waals surface area (Å²) in [4.78, 5) is 13.0. The van der Waals surface area contributed by atoms with Gasteiger partial charge in [0, 0.05) is 5.70 Å². The van der Waals surface area contributed by atoms with Gasteiger partial charge in [-0.15, -0.1) is 0 Å². The maximum absolute atomic E-state index is 13.3. The summed E-state index contributed by atoms with van der Waals surface area (Å²) in [6.45, 7) is 5.77. The molecule has 2 aromatic carbocycles. The van der Waals surface area contributed by atoms with Crippen LogP contribution in [0.5, 0.6) is 5.75 Å². The molecule has 2 aromatic rings. The maximum Gasteiger partial charge on any atom is 0.336 e. The lowest BCUT2D eigenvalue weighted by Gasteiger charge is -2.35. The first-order chi connectivity index (χ1) is 13.2. The summed E-state index contributed by atoms with van der Waals surface area (Å²) >= 11 is 0. The number of allylic oxidation sites excluding steroid dienone is 1. The molecule has 2 amide bonds. The Kier molecular flexibility index (Phi) is 5.47. The van der Waals surface area contributed by atoms with Gasteiger partial charge >= 0.3 is 6.03 Å². The molecule has 148 valence electrons. The highest BCUT2D eigenvalue weighted by molar-refractivity contribution is 7.89. The van der Waals surface area contributed by atoms with E-state index in [-0.39, 0.29) is 10.8 Å². The van der Waals surface area contributed by atoms with Gasteiger partial charge in [-0.3, -0.25) is 0 Å². The van der Waals surface area contributed by atoms with E-state index < -0.39 is 22.1 Å². The van der Waals surface area contributed by atoms with Crippen molar-refractivity contribution in [1.29, 1.82) is 0 Å². The lowest BCUT2D eigenvalue weighted by atomic mass is 10.0. The number of nitrogens with one attached hydrogen (secondary N) is 1. The van der Waals surface area contributed by atoms with Crippen molar-refractivity contribution in [2.24, 2.45) is 5.92 Å². The number of aryl methyl sites for hydroxylation is 1. The van der Waals surface area contributed by atoms with Crippen LogP contribution in [-0.4, -0.2) is 25.9 Å². The summed E-state index contributed by atoms with van der Waals surface area (Å²) < 4.78 is 32.7. The summed E-state index contributed by atoms with van der Waals surface area (Å²) in [5.41, 5.74) is 2.32. The molecule has 0 radical (unpaired) electrons. The number of benzene rings is 2. The number of ether oxygens (including phenoxy) is 1. The van der Waals surface area contributed by atoms with E-state index in [4.69, 9.17) is 4.74 Å². The minimum absolute atomic E-state index is 0.0499. The third-order valence-electron chi connectivity index (χ3n) is 4.70. The fraction of sp³-hybridized carbons (Fsp3) is 0.286. The summed E-state index contributed by atoms with van der Waals surface area (Å²) in [6, 6.07) is 12.1. The Morgan fingerprint density at radius 1 is 1.04 bits per heavy atom. The molecule has 1 aliphatic rings. The molecule has 3 rings (SSSR count). The Bertz CT molecular complexity index is 994. The third-order valence-corrected chi connectivity index (χ3v) is 6.48. The Labute approximate surface area is 165 Å². The topological polar surface area (TPSA) is 75.7 Å². The van der Waals surface area contributed by atoms with Crippen LogP contribution in [0.25, 0.3) is 0 Å². The molecule has 0 aromatic heterocycles. The average molecular weight is 401 g/mol. The van der Waals surface area contributed by atoms with Crippen molar-refractivity contribution in [2.45, 2.75) is 31.7 Å². The Balaban J connectivity index is 2.12. The lowest BCUT2D eigenvalue weighted by molar-refractivity contribution is 0.215. The molecule has 0 saturated heterocycles. The van der Waals surface area contributed by atoms with Gasteiger partial charge in [0.05, 0.1) is 18.0 Å². The maximum atomic E-state index is 13.3. The molecule has 1 heterocycles. The number of rotatable bonds is 5. The fourth-order valence-electron chi connectivity index (χ4n) is 3.04. The van der Waals surface area contributed by atoms with Crippen LogP contribution >= 0.6 is 0 Å². The number of hydrogen-bond acceptors (Lipinski definition) is 4. The number of urea groups is 1. The summed E-state index contributed by atoms with van der Waals surface area (Å²) in [7, 11) is -2.48. The number of carbonyl (C=O) groups excluding carboxylic acids is 1. The zero-order valence-corrected chi connectivity index (χ0v) is 17.2. The van der Waals surface area contributed by atoms with E-state index in [1.54, 1.807) is 49.6 Å². The van der Waals surface area contributed by atoms with Crippen molar-refractivity contribution in [1.82, 2.24) is 9.62 Å². The first-order valence-electron chi connectivity index (χ1n) is 9.02. The van der Waals surface area contributed by atoms with Gasteiger partial charge < -0.3 is 10.1 Å². The number of sulfonamides is 1. The van der Waals surface area contributed by atoms with E-state index in [9.17, 15) is 13.2 Å². The highest BCUT2D eigenvalue weighted by Gasteiger charge is 2.39. The van der Waals surface area contributed by atoms with Crippen LogP contribution in [0.3, 0.4) is 0 Å². The highest BCUT2D eigenvalue weighted by Crippen LogP contribution is 2.34. The van der Waals surface area contributed by atoms with E-state index in [1.807, 2.05) is 20.8 Å². The monoisotopic (exact) mass is 400 g/mol. The number of methoxy groups -OCH3 is 1. The van der Waals surface area contributed by atoms with Gasteiger partial charge in [0.2, 0.25) is 0 Å². The van der Waals surface area contributed by atoms with Crippen LogP contribution in [0.4, 0.5) is 4.79 Å². The Hall–Kier alpha value is -2.80. The van der Waals surface area contributed by atoms with Gasteiger partial charge in [-0.1, -0.05) is 43.7 Å². The molecular weight excluding hydrogens is 376 g/mol. The second-order valence-electron chi connectivity index (χ2n) is 7.04. The molecule has 28 heavy (non-hydrogen) atoms. The predicted molar refractivity (Wildman–Crippen MR) is 107 cm³/mol. The Morgan fingerprint density at radius 3 is 2.18 bits per heavy atom. The van der Waals surface area contributed by atoms with Gasteiger partial charge in [0.15, 0.2) is 0 Å². The summed E-state index contributed by atoms with van der Waals surface area (Å²) in [5, 5.41) is 2.72. The van der Waals surface area contributed by atoms with Crippen molar-refractivity contribution >= 4 is 16.1 Å². The van der Waals surface area contributed by atoms with Crippen LogP contribution < -0.4 is 10.1 Å². The highest BCUT2D eigenvalue weighted by atomic mass is 32.2. The number of carbonyl (C=O) groups is 1. The first-order valence-corrected chi connectivity index (χ1v) is 10.5. The first kappa shape index (κ1) is 19.9. The molecule has 0 fully saturated rings. The number of nitrogens with zero attached hydrogens (tertiary/aromatic N) is 1. The minimum atomic E-state index is -4.04. The van der Waals surface area contributed by atoms with Gasteiger partial charge in [0.1, 0.15) is 5.75 Å². The molecule has 0 spiro atoms. The standard InChI is InChI=1S/C21H24N2O4S/c1-14(2)19-13-20(16-7-9-17(27-4)10-8-16)23(21(24)22-19)28(25,26)18-11-5-15(3)6-12-18/h5-14,20H,1-4H3,(H,22,24). The smallest absolute Gasteiger partial charge is 0.336 e. The number of amides is 2. The zero-order valence-electron chi connectivity index (χ0n) is 16.3. The lowest BCUT2D eigenvalue weighted by Crippen LogP contribution is -2.49. The quantitative estimate of drug-likeness (QED) is 0.823. The second-order valence-corrected chi connectivity index (χ2v) is 8.85. The van der Waals surface area contributed by atoms with E-state index in [0.717, 1.165) is 9.87 Å². The largest absolute Gasteiger partial charge is 0.497 e. The molecule has 0 bridgehead atoms. The van der Waals surface area contributed by atoms with E-state index >= 15 is 0 Å². The second kappa shape index (κ2) is 7.67. The van der Waals surface area contributed by atoms with Crippen molar-refractivity contribution in [2.75, 3.05) is 7.11 Å². The van der Waals surface area contributed by atoms with Crippen LogP contribution in [-0.2, 0) is 10.0 Å². The van der Waals surface area contributed by atoms with Crippen LogP contribution in [0, 0.1) is 12.8 Å². The van der Waals surface area contributed by atoms with E-state index in [2.05, 4.69) is 5.32 Å². The van der Waals surface area contributed by atoms with Gasteiger partial charge in [-0.05, 0) is 48.7 Å². The summed E-state index contributed by atoms with van der Waals surface area (Å²) in [6.07, 6.45) is 1.79. The SMILES string of the molecule is COc1ccc(C2C=C(C(C)C)NC(=O)N2S(=O)(=O)c2ccc(C)cc2)cc1. The third kappa shape index (κ3) is 3.75. The molecule has 1 N–H and O–H groups in total. The Morgan fingerprint density at radius 2 is 1.64 bits per heavy atom. The zero-order chi connectivity index (χ0) is 20.5. The van der Waals surface area contributed by atoms with Crippen molar-refractivity contribution in [3.63, 3.8) is 0 Å². The minimum Gasteiger partial charge on any atom is -0.497 e. The molecule has 1 unspecified atom stereocenters. The molecular formula is C21H24N2O4S. The molecule has 1 atom stereocenters.